The molecule has 1 aliphatic heterocycles. The summed E-state index contributed by atoms with van der Waals surface area (Å²) >= 11 is 0. The van der Waals surface area contributed by atoms with Crippen LogP contribution >= 0.6 is 0 Å². The third kappa shape index (κ3) is 2.21. The average Bonchev–Trinajstić information content (AvgIpc) is 3.00. The number of hydrogen-bond acceptors (Lipinski definition) is 2. The smallest absolute Gasteiger partial charge is 0.106 e. The molecule has 1 N–H and O–H groups in total. The Morgan fingerprint density at radius 3 is 2.70 bits per heavy atom. The summed E-state index contributed by atoms with van der Waals surface area (Å²) in [4.78, 5) is 0. The number of hydrazine groups is 1. The van der Waals surface area contributed by atoms with E-state index in [9.17, 15) is 4.39 Å². The molecule has 1 aromatic carbocycles. The summed E-state index contributed by atoms with van der Waals surface area (Å²) in [6.45, 7) is 6.02. The molecule has 0 saturated carbocycles. The van der Waals surface area contributed by atoms with E-state index in [0.717, 1.165) is 30.6 Å². The fourth-order valence-electron chi connectivity index (χ4n) is 3.08. The van der Waals surface area contributed by atoms with Gasteiger partial charge in [0.25, 0.3) is 0 Å². The molecule has 0 amide bonds. The van der Waals surface area contributed by atoms with Crippen LogP contribution in [0.25, 0.3) is 5.57 Å². The van der Waals surface area contributed by atoms with Crippen molar-refractivity contribution in [1.82, 2.24) is 10.4 Å². The van der Waals surface area contributed by atoms with Gasteiger partial charge >= 0.3 is 0 Å². The third-order valence-electron chi connectivity index (χ3n) is 4.58. The summed E-state index contributed by atoms with van der Waals surface area (Å²) < 4.78 is 14.4. The van der Waals surface area contributed by atoms with Gasteiger partial charge in [-0.1, -0.05) is 43.3 Å². The van der Waals surface area contributed by atoms with Crippen molar-refractivity contribution in [2.45, 2.75) is 25.8 Å². The normalized spacial score (nSPS) is 31.1. The summed E-state index contributed by atoms with van der Waals surface area (Å²) in [5.74, 6) is -0.178. The third-order valence-corrected chi connectivity index (χ3v) is 4.58. The van der Waals surface area contributed by atoms with E-state index in [-0.39, 0.29) is 17.3 Å². The lowest BCUT2D eigenvalue weighted by molar-refractivity contribution is 0.0799. The van der Waals surface area contributed by atoms with Crippen molar-refractivity contribution in [3.8, 4) is 0 Å². The number of halogens is 1. The predicted molar refractivity (Wildman–Crippen MR) is 80.5 cm³/mol. The maximum absolute atomic E-state index is 14.4. The number of rotatable bonds is 2. The van der Waals surface area contributed by atoms with Gasteiger partial charge in [-0.15, -0.1) is 0 Å². The Bertz CT molecular complexity index is 543. The SMILES string of the molecule is CC1C(F)=CC(c2ccccc2)=CC1(C)N1CCCN1. The topological polar surface area (TPSA) is 15.3 Å². The van der Waals surface area contributed by atoms with E-state index < -0.39 is 0 Å². The van der Waals surface area contributed by atoms with Gasteiger partial charge in [0.1, 0.15) is 5.83 Å². The van der Waals surface area contributed by atoms with Gasteiger partial charge in [-0.25, -0.2) is 9.40 Å². The van der Waals surface area contributed by atoms with Gasteiger partial charge in [-0.2, -0.15) is 0 Å². The van der Waals surface area contributed by atoms with Crippen molar-refractivity contribution in [3.05, 3.63) is 53.9 Å². The highest BCUT2D eigenvalue weighted by molar-refractivity contribution is 5.77. The van der Waals surface area contributed by atoms with E-state index in [2.05, 4.69) is 23.4 Å². The van der Waals surface area contributed by atoms with E-state index >= 15 is 0 Å². The highest BCUT2D eigenvalue weighted by Gasteiger charge is 2.41. The van der Waals surface area contributed by atoms with Crippen LogP contribution in [-0.4, -0.2) is 23.6 Å². The van der Waals surface area contributed by atoms with Gasteiger partial charge in [0.2, 0.25) is 0 Å². The van der Waals surface area contributed by atoms with Crippen LogP contribution in [0.4, 0.5) is 4.39 Å². The van der Waals surface area contributed by atoms with Crippen LogP contribution < -0.4 is 5.43 Å². The first-order valence-corrected chi connectivity index (χ1v) is 7.28. The first-order chi connectivity index (χ1) is 9.61. The maximum Gasteiger partial charge on any atom is 0.106 e. The molecule has 0 aromatic heterocycles. The van der Waals surface area contributed by atoms with Crippen molar-refractivity contribution in [2.75, 3.05) is 13.1 Å². The summed E-state index contributed by atoms with van der Waals surface area (Å²) in [7, 11) is 0. The second-order valence-electron chi connectivity index (χ2n) is 5.86. The fraction of sp³-hybridized carbons (Fsp3) is 0.412. The summed E-state index contributed by atoms with van der Waals surface area (Å²) in [6.07, 6.45) is 4.99. The lowest BCUT2D eigenvalue weighted by Crippen LogP contribution is -2.54. The molecule has 1 aliphatic carbocycles. The molecule has 0 spiro atoms. The number of nitrogens with one attached hydrogen (secondary N) is 1. The number of allylic oxidation sites excluding steroid dienone is 2. The minimum atomic E-state index is -0.319. The van der Waals surface area contributed by atoms with Gasteiger partial charge in [0, 0.05) is 19.0 Å². The molecule has 0 bridgehead atoms. The Kier molecular flexibility index (Phi) is 3.48. The van der Waals surface area contributed by atoms with E-state index in [0.29, 0.717) is 0 Å². The monoisotopic (exact) mass is 272 g/mol. The molecule has 106 valence electrons. The predicted octanol–water partition coefficient (Wildman–Crippen LogP) is 3.54. The minimum Gasteiger partial charge on any atom is -0.254 e. The molecule has 2 nitrogen and oxygen atoms in total. The molecule has 1 saturated heterocycles. The van der Waals surface area contributed by atoms with Gasteiger partial charge in [0.15, 0.2) is 0 Å². The molecular weight excluding hydrogens is 251 g/mol. The Balaban J connectivity index is 2.02. The Morgan fingerprint density at radius 2 is 2.05 bits per heavy atom. The first-order valence-electron chi connectivity index (χ1n) is 7.28. The molecule has 1 fully saturated rings. The summed E-state index contributed by atoms with van der Waals surface area (Å²) in [5, 5.41) is 2.19. The zero-order valence-corrected chi connectivity index (χ0v) is 12.1. The quantitative estimate of drug-likeness (QED) is 0.886. The van der Waals surface area contributed by atoms with Crippen LogP contribution in [0.2, 0.25) is 0 Å². The molecule has 2 aliphatic rings. The zero-order valence-electron chi connectivity index (χ0n) is 12.1. The van der Waals surface area contributed by atoms with Gasteiger partial charge in [-0.3, -0.25) is 5.43 Å². The van der Waals surface area contributed by atoms with Crippen LogP contribution in [0, 0.1) is 5.92 Å². The van der Waals surface area contributed by atoms with Gasteiger partial charge in [0.05, 0.1) is 5.54 Å². The lowest BCUT2D eigenvalue weighted by atomic mass is 9.78. The van der Waals surface area contributed by atoms with Crippen LogP contribution in [0.15, 0.2) is 48.3 Å². The average molecular weight is 272 g/mol. The van der Waals surface area contributed by atoms with Crippen LogP contribution in [0.1, 0.15) is 25.8 Å². The van der Waals surface area contributed by atoms with Crippen molar-refractivity contribution >= 4 is 5.57 Å². The number of benzene rings is 1. The van der Waals surface area contributed by atoms with Gasteiger partial charge < -0.3 is 0 Å². The Labute approximate surface area is 120 Å². The van der Waals surface area contributed by atoms with Crippen molar-refractivity contribution in [1.29, 1.82) is 0 Å². The Morgan fingerprint density at radius 1 is 1.30 bits per heavy atom. The highest BCUT2D eigenvalue weighted by Crippen LogP contribution is 2.40. The molecular formula is C17H21FN2. The van der Waals surface area contributed by atoms with Crippen LogP contribution in [0.5, 0.6) is 0 Å². The van der Waals surface area contributed by atoms with E-state index in [1.807, 2.05) is 37.3 Å². The molecule has 1 aromatic rings. The standard InChI is InChI=1S/C17H21FN2/c1-13-16(18)11-15(14-7-4-3-5-8-14)12-17(13,2)20-10-6-9-19-20/h3-5,7-8,11-13,19H,6,9-10H2,1-2H3. The minimum absolute atomic E-state index is 0.0393. The molecule has 3 rings (SSSR count). The molecule has 0 radical (unpaired) electrons. The summed E-state index contributed by atoms with van der Waals surface area (Å²) in [5.41, 5.74) is 5.10. The first kappa shape index (κ1) is 13.5. The Hall–Kier alpha value is -1.45. The highest BCUT2D eigenvalue weighted by atomic mass is 19.1. The molecule has 2 atom stereocenters. The molecule has 20 heavy (non-hydrogen) atoms. The van der Waals surface area contributed by atoms with Crippen molar-refractivity contribution in [3.63, 3.8) is 0 Å². The zero-order chi connectivity index (χ0) is 14.2. The summed E-state index contributed by atoms with van der Waals surface area (Å²) in [6, 6.07) is 10.0. The largest absolute Gasteiger partial charge is 0.254 e. The van der Waals surface area contributed by atoms with E-state index in [1.54, 1.807) is 6.08 Å². The number of nitrogens with zero attached hydrogens (tertiary/aromatic N) is 1. The second-order valence-corrected chi connectivity index (χ2v) is 5.86. The van der Waals surface area contributed by atoms with E-state index in [4.69, 9.17) is 0 Å². The maximum atomic E-state index is 14.4. The second kappa shape index (κ2) is 5.15. The molecule has 1 heterocycles. The lowest BCUT2D eigenvalue weighted by Gasteiger charge is -2.42. The van der Waals surface area contributed by atoms with E-state index in [1.165, 1.54) is 0 Å². The molecule has 2 unspecified atom stereocenters. The van der Waals surface area contributed by atoms with Crippen molar-refractivity contribution < 1.29 is 4.39 Å². The van der Waals surface area contributed by atoms with Crippen LogP contribution in [-0.2, 0) is 0 Å². The van der Waals surface area contributed by atoms with Gasteiger partial charge in [-0.05, 0) is 30.6 Å². The fourth-order valence-corrected chi connectivity index (χ4v) is 3.08. The van der Waals surface area contributed by atoms with Crippen LogP contribution in [0.3, 0.4) is 0 Å². The number of hydrogen-bond donors (Lipinski definition) is 1. The molecule has 3 heteroatoms. The van der Waals surface area contributed by atoms with Crippen molar-refractivity contribution in [2.24, 2.45) is 5.92 Å².